The second-order valence-electron chi connectivity index (χ2n) is 6.78. The van der Waals surface area contributed by atoms with Crippen molar-refractivity contribution in [3.05, 3.63) is 58.1 Å². The molecule has 0 saturated carbocycles. The number of amides is 1. The van der Waals surface area contributed by atoms with Gasteiger partial charge >= 0.3 is 0 Å². The van der Waals surface area contributed by atoms with E-state index in [1.54, 1.807) is 32.0 Å². The summed E-state index contributed by atoms with van der Waals surface area (Å²) >= 11 is 6.08. The molecule has 0 unspecified atom stereocenters. The van der Waals surface area contributed by atoms with E-state index in [-0.39, 0.29) is 5.91 Å². The third-order valence-electron chi connectivity index (χ3n) is 4.23. The third kappa shape index (κ3) is 5.23. The molecule has 0 spiro atoms. The van der Waals surface area contributed by atoms with Crippen molar-refractivity contribution in [2.45, 2.75) is 40.2 Å². The molecule has 0 aromatic heterocycles. The van der Waals surface area contributed by atoms with Gasteiger partial charge in [0.1, 0.15) is 6.04 Å². The van der Waals surface area contributed by atoms with E-state index in [0.29, 0.717) is 22.8 Å². The highest BCUT2D eigenvalue weighted by molar-refractivity contribution is 7.92. The van der Waals surface area contributed by atoms with E-state index in [1.165, 1.54) is 0 Å². The van der Waals surface area contributed by atoms with Crippen LogP contribution in [0.5, 0.6) is 0 Å². The summed E-state index contributed by atoms with van der Waals surface area (Å²) in [6.07, 6.45) is 1.41. The van der Waals surface area contributed by atoms with Crippen molar-refractivity contribution < 1.29 is 13.2 Å². The van der Waals surface area contributed by atoms with E-state index in [0.717, 1.165) is 27.3 Å². The Bertz CT molecular complexity index is 937. The van der Waals surface area contributed by atoms with E-state index >= 15 is 0 Å². The van der Waals surface area contributed by atoms with Gasteiger partial charge in [-0.25, -0.2) is 8.42 Å². The molecule has 0 aliphatic carbocycles. The highest BCUT2D eigenvalue weighted by Crippen LogP contribution is 2.29. The molecule has 0 aliphatic heterocycles. The lowest BCUT2D eigenvalue weighted by molar-refractivity contribution is -0.117. The number of anilines is 2. The molecule has 1 amide bonds. The van der Waals surface area contributed by atoms with E-state index in [9.17, 15) is 13.2 Å². The molecule has 1 atom stereocenters. The molecule has 0 bridgehead atoms. The van der Waals surface area contributed by atoms with Crippen LogP contribution < -0.4 is 9.62 Å². The monoisotopic (exact) mass is 408 g/mol. The fourth-order valence-corrected chi connectivity index (χ4v) is 4.56. The average molecular weight is 409 g/mol. The zero-order valence-electron chi connectivity index (χ0n) is 16.2. The molecular formula is C20H25ClN2O3S. The molecule has 27 heavy (non-hydrogen) atoms. The summed E-state index contributed by atoms with van der Waals surface area (Å²) in [7, 11) is -3.71. The second-order valence-corrected chi connectivity index (χ2v) is 9.08. The third-order valence-corrected chi connectivity index (χ3v) is 5.63. The van der Waals surface area contributed by atoms with Gasteiger partial charge in [-0.15, -0.1) is 0 Å². The van der Waals surface area contributed by atoms with Gasteiger partial charge in [0.15, 0.2) is 0 Å². The van der Waals surface area contributed by atoms with Crippen LogP contribution in [0, 0.1) is 20.8 Å². The van der Waals surface area contributed by atoms with Crippen LogP contribution in [0.1, 0.15) is 30.0 Å². The van der Waals surface area contributed by atoms with Crippen molar-refractivity contribution in [3.8, 4) is 0 Å². The maximum Gasteiger partial charge on any atom is 0.248 e. The van der Waals surface area contributed by atoms with Gasteiger partial charge in [0.05, 0.1) is 11.9 Å². The number of halogens is 1. The van der Waals surface area contributed by atoms with E-state index in [4.69, 9.17) is 11.6 Å². The molecule has 0 radical (unpaired) electrons. The van der Waals surface area contributed by atoms with Crippen molar-refractivity contribution >= 4 is 38.9 Å². The Hall–Kier alpha value is -2.05. The molecule has 2 aromatic carbocycles. The Morgan fingerprint density at radius 2 is 1.70 bits per heavy atom. The van der Waals surface area contributed by atoms with Crippen molar-refractivity contribution in [1.29, 1.82) is 0 Å². The Labute approximate surface area is 166 Å². The summed E-state index contributed by atoms with van der Waals surface area (Å²) in [6, 6.07) is 9.83. The van der Waals surface area contributed by atoms with Gasteiger partial charge < -0.3 is 5.32 Å². The SMILES string of the molecule is CC[C@@H](C(=O)Nc1cc(C)cc(C)c1)N(c1cc(Cl)ccc1C)S(C)(=O)=O. The molecule has 0 heterocycles. The second kappa shape index (κ2) is 8.31. The first-order chi connectivity index (χ1) is 12.5. The number of nitrogens with zero attached hydrogens (tertiary/aromatic N) is 1. The van der Waals surface area contributed by atoms with Gasteiger partial charge in [0.25, 0.3) is 0 Å². The summed E-state index contributed by atoms with van der Waals surface area (Å²) in [4.78, 5) is 13.0. The summed E-state index contributed by atoms with van der Waals surface area (Å²) in [6.45, 7) is 7.46. The predicted molar refractivity (Wildman–Crippen MR) is 112 cm³/mol. The van der Waals surface area contributed by atoms with Crippen molar-refractivity contribution in [2.75, 3.05) is 15.9 Å². The van der Waals surface area contributed by atoms with Crippen LogP contribution in [0.15, 0.2) is 36.4 Å². The highest BCUT2D eigenvalue weighted by Gasteiger charge is 2.32. The number of carbonyl (C=O) groups excluding carboxylic acids is 1. The lowest BCUT2D eigenvalue weighted by Crippen LogP contribution is -2.47. The minimum atomic E-state index is -3.71. The summed E-state index contributed by atoms with van der Waals surface area (Å²) < 4.78 is 26.3. The molecule has 0 saturated heterocycles. The maximum absolute atomic E-state index is 13.0. The van der Waals surface area contributed by atoms with E-state index in [1.807, 2.05) is 32.0 Å². The summed E-state index contributed by atoms with van der Waals surface area (Å²) in [5.74, 6) is -0.382. The van der Waals surface area contributed by atoms with Crippen molar-refractivity contribution in [2.24, 2.45) is 0 Å². The zero-order chi connectivity index (χ0) is 20.4. The van der Waals surface area contributed by atoms with Gasteiger partial charge in [0, 0.05) is 10.7 Å². The molecule has 2 rings (SSSR count). The summed E-state index contributed by atoms with van der Waals surface area (Å²) in [5.41, 5.74) is 3.81. The molecule has 5 nitrogen and oxygen atoms in total. The maximum atomic E-state index is 13.0. The minimum Gasteiger partial charge on any atom is -0.324 e. The standard InChI is InChI=1S/C20H25ClN2O3S/c1-6-18(20(24)22-17-10-13(2)9-14(3)11-17)23(27(5,25)26)19-12-16(21)8-7-15(19)4/h7-12,18H,6H2,1-5H3,(H,22,24)/t18-/m0/s1. The normalized spacial score (nSPS) is 12.5. The summed E-state index contributed by atoms with van der Waals surface area (Å²) in [5, 5.41) is 3.26. The van der Waals surface area contributed by atoms with Crippen molar-refractivity contribution in [3.63, 3.8) is 0 Å². The lowest BCUT2D eigenvalue weighted by Gasteiger charge is -2.31. The molecule has 0 aliphatic rings. The van der Waals surface area contributed by atoms with Crippen LogP contribution in [0.4, 0.5) is 11.4 Å². The Morgan fingerprint density at radius 3 is 2.22 bits per heavy atom. The number of nitrogens with one attached hydrogen (secondary N) is 1. The predicted octanol–water partition coefficient (Wildman–Crippen LogP) is 4.45. The minimum absolute atomic E-state index is 0.315. The Balaban J connectivity index is 2.46. The quantitative estimate of drug-likeness (QED) is 0.767. The van der Waals surface area contributed by atoms with E-state index in [2.05, 4.69) is 5.32 Å². The number of benzene rings is 2. The fraction of sp³-hybridized carbons (Fsp3) is 0.350. The van der Waals surface area contributed by atoms with Crippen molar-refractivity contribution in [1.82, 2.24) is 0 Å². The molecule has 2 aromatic rings. The van der Waals surface area contributed by atoms with Crippen LogP contribution in [-0.4, -0.2) is 26.6 Å². The zero-order valence-corrected chi connectivity index (χ0v) is 17.8. The van der Waals surface area contributed by atoms with Gasteiger partial charge in [0.2, 0.25) is 15.9 Å². The Kier molecular flexibility index (Phi) is 6.54. The number of carbonyl (C=O) groups is 1. The first-order valence-electron chi connectivity index (χ1n) is 8.67. The van der Waals surface area contributed by atoms with E-state index < -0.39 is 16.1 Å². The molecule has 146 valence electrons. The number of hydrogen-bond acceptors (Lipinski definition) is 3. The molecule has 1 N–H and O–H groups in total. The largest absolute Gasteiger partial charge is 0.324 e. The smallest absolute Gasteiger partial charge is 0.248 e. The van der Waals surface area contributed by atoms with Crippen LogP contribution in [0.25, 0.3) is 0 Å². The van der Waals surface area contributed by atoms with Gasteiger partial charge in [-0.05, 0) is 68.1 Å². The first-order valence-corrected chi connectivity index (χ1v) is 10.9. The van der Waals surface area contributed by atoms with Gasteiger partial charge in [-0.1, -0.05) is 30.7 Å². The lowest BCUT2D eigenvalue weighted by atomic mass is 10.1. The van der Waals surface area contributed by atoms with Crippen LogP contribution in [0.3, 0.4) is 0 Å². The number of hydrogen-bond donors (Lipinski definition) is 1. The van der Waals surface area contributed by atoms with Crippen LogP contribution in [-0.2, 0) is 14.8 Å². The van der Waals surface area contributed by atoms with Crippen LogP contribution in [0.2, 0.25) is 5.02 Å². The Morgan fingerprint density at radius 1 is 1.11 bits per heavy atom. The molecule has 7 heteroatoms. The number of aryl methyl sites for hydroxylation is 3. The fourth-order valence-electron chi connectivity index (χ4n) is 3.13. The average Bonchev–Trinajstić information content (AvgIpc) is 2.52. The highest BCUT2D eigenvalue weighted by atomic mass is 35.5. The molecular weight excluding hydrogens is 384 g/mol. The molecule has 0 fully saturated rings. The first kappa shape index (κ1) is 21.3. The van der Waals surface area contributed by atoms with Gasteiger partial charge in [-0.2, -0.15) is 0 Å². The van der Waals surface area contributed by atoms with Crippen LogP contribution >= 0.6 is 11.6 Å². The number of sulfonamides is 1. The topological polar surface area (TPSA) is 66.5 Å². The van der Waals surface area contributed by atoms with Gasteiger partial charge in [-0.3, -0.25) is 9.10 Å². The number of rotatable bonds is 6.